The van der Waals surface area contributed by atoms with Gasteiger partial charge in [-0.3, -0.25) is 0 Å². The summed E-state index contributed by atoms with van der Waals surface area (Å²) in [5.41, 5.74) is 9.03. The van der Waals surface area contributed by atoms with Crippen LogP contribution in [-0.4, -0.2) is 0 Å². The van der Waals surface area contributed by atoms with Crippen molar-refractivity contribution in [2.24, 2.45) is 0 Å². The molecule has 4 aromatic carbocycles. The van der Waals surface area contributed by atoms with Crippen molar-refractivity contribution in [2.45, 2.75) is 0 Å². The second kappa shape index (κ2) is 5.04. The zero-order valence-electron chi connectivity index (χ0n) is 11.9. The molecule has 0 spiro atoms. The first kappa shape index (κ1) is 13.2. The van der Waals surface area contributed by atoms with Gasteiger partial charge in [-0.2, -0.15) is 0 Å². The molecular formula is C20H14ClN. The maximum atomic E-state index is 6.26. The number of nitrogens with two attached hydrogens (primary N) is 1. The van der Waals surface area contributed by atoms with E-state index in [1.807, 2.05) is 18.2 Å². The minimum atomic E-state index is 0.592. The Hall–Kier alpha value is -2.51. The molecule has 0 fully saturated rings. The zero-order valence-corrected chi connectivity index (χ0v) is 12.6. The molecule has 0 aliphatic rings. The summed E-state index contributed by atoms with van der Waals surface area (Å²) in [7, 11) is 0. The largest absolute Gasteiger partial charge is 0.397 e. The SMILES string of the molecule is Nc1c(Cl)cccc1-c1c2ccccc2cc2ccccc12. The summed E-state index contributed by atoms with van der Waals surface area (Å²) in [6, 6.07) is 24.8. The van der Waals surface area contributed by atoms with Gasteiger partial charge in [-0.05, 0) is 39.2 Å². The molecule has 0 radical (unpaired) electrons. The normalized spacial score (nSPS) is 11.1. The Bertz CT molecular complexity index is 951. The predicted octanol–water partition coefficient (Wildman–Crippen LogP) is 5.90. The molecule has 4 rings (SSSR count). The van der Waals surface area contributed by atoms with Crippen molar-refractivity contribution in [1.82, 2.24) is 0 Å². The lowest BCUT2D eigenvalue weighted by molar-refractivity contribution is 1.65. The van der Waals surface area contributed by atoms with Gasteiger partial charge in [0.1, 0.15) is 0 Å². The average Bonchev–Trinajstić information content (AvgIpc) is 2.55. The van der Waals surface area contributed by atoms with Crippen LogP contribution in [0.5, 0.6) is 0 Å². The number of benzene rings is 4. The summed E-state index contributed by atoms with van der Waals surface area (Å²) >= 11 is 6.24. The zero-order chi connectivity index (χ0) is 15.1. The molecule has 0 atom stereocenters. The second-order valence-corrected chi connectivity index (χ2v) is 5.80. The lowest BCUT2D eigenvalue weighted by Gasteiger charge is -2.14. The highest BCUT2D eigenvalue weighted by Crippen LogP contribution is 2.40. The van der Waals surface area contributed by atoms with Crippen molar-refractivity contribution in [3.63, 3.8) is 0 Å². The lowest BCUT2D eigenvalue weighted by Crippen LogP contribution is -1.93. The molecule has 0 aromatic heterocycles. The van der Waals surface area contributed by atoms with E-state index < -0.39 is 0 Å². The average molecular weight is 304 g/mol. The highest BCUT2D eigenvalue weighted by Gasteiger charge is 2.13. The maximum absolute atomic E-state index is 6.26. The van der Waals surface area contributed by atoms with Crippen LogP contribution in [0.4, 0.5) is 5.69 Å². The lowest BCUT2D eigenvalue weighted by atomic mass is 9.91. The van der Waals surface area contributed by atoms with Crippen LogP contribution in [0.3, 0.4) is 0 Å². The van der Waals surface area contributed by atoms with Crippen LogP contribution >= 0.6 is 11.6 Å². The van der Waals surface area contributed by atoms with E-state index in [1.165, 1.54) is 21.5 Å². The quantitative estimate of drug-likeness (QED) is 0.344. The van der Waals surface area contributed by atoms with Crippen molar-refractivity contribution in [3.05, 3.63) is 77.8 Å². The highest BCUT2D eigenvalue weighted by atomic mass is 35.5. The molecule has 0 saturated carbocycles. The Morgan fingerprint density at radius 2 is 1.27 bits per heavy atom. The summed E-state index contributed by atoms with van der Waals surface area (Å²) in [5, 5.41) is 5.38. The molecule has 106 valence electrons. The molecule has 2 N–H and O–H groups in total. The summed E-state index contributed by atoms with van der Waals surface area (Å²) in [6.07, 6.45) is 0. The summed E-state index contributed by atoms with van der Waals surface area (Å²) in [6.45, 7) is 0. The van der Waals surface area contributed by atoms with Crippen LogP contribution in [0.1, 0.15) is 0 Å². The van der Waals surface area contributed by atoms with Crippen LogP contribution < -0.4 is 5.73 Å². The smallest absolute Gasteiger partial charge is 0.0641 e. The van der Waals surface area contributed by atoms with Crippen LogP contribution in [0.15, 0.2) is 72.8 Å². The molecule has 22 heavy (non-hydrogen) atoms. The number of nitrogen functional groups attached to an aromatic ring is 1. The van der Waals surface area contributed by atoms with E-state index in [-0.39, 0.29) is 0 Å². The van der Waals surface area contributed by atoms with Crippen molar-refractivity contribution >= 4 is 38.8 Å². The number of hydrogen-bond acceptors (Lipinski definition) is 1. The van der Waals surface area contributed by atoms with E-state index in [2.05, 4.69) is 54.6 Å². The molecule has 0 saturated heterocycles. The van der Waals surface area contributed by atoms with Gasteiger partial charge in [0, 0.05) is 5.56 Å². The van der Waals surface area contributed by atoms with Gasteiger partial charge in [0.05, 0.1) is 10.7 Å². The number of para-hydroxylation sites is 1. The maximum Gasteiger partial charge on any atom is 0.0641 e. The first-order valence-corrected chi connectivity index (χ1v) is 7.58. The molecule has 4 aromatic rings. The molecule has 1 nitrogen and oxygen atoms in total. The van der Waals surface area contributed by atoms with Crippen LogP contribution in [0, 0.1) is 0 Å². The van der Waals surface area contributed by atoms with E-state index in [0.717, 1.165) is 11.1 Å². The van der Waals surface area contributed by atoms with E-state index in [0.29, 0.717) is 10.7 Å². The van der Waals surface area contributed by atoms with Crippen LogP contribution in [-0.2, 0) is 0 Å². The highest BCUT2D eigenvalue weighted by molar-refractivity contribution is 6.34. The summed E-state index contributed by atoms with van der Waals surface area (Å²) < 4.78 is 0. The third-order valence-corrected chi connectivity index (χ3v) is 4.42. The van der Waals surface area contributed by atoms with Crippen molar-refractivity contribution in [3.8, 4) is 11.1 Å². The van der Waals surface area contributed by atoms with Crippen LogP contribution in [0.2, 0.25) is 5.02 Å². The number of rotatable bonds is 1. The minimum Gasteiger partial charge on any atom is -0.397 e. The fourth-order valence-corrected chi connectivity index (χ4v) is 3.23. The second-order valence-electron chi connectivity index (χ2n) is 5.39. The topological polar surface area (TPSA) is 26.0 Å². The number of fused-ring (bicyclic) bond motifs is 2. The molecule has 0 heterocycles. The first-order valence-electron chi connectivity index (χ1n) is 7.20. The Balaban J connectivity index is 2.24. The number of halogens is 1. The molecule has 0 amide bonds. The predicted molar refractivity (Wildman–Crippen MR) is 96.3 cm³/mol. The van der Waals surface area contributed by atoms with Gasteiger partial charge in [-0.1, -0.05) is 72.3 Å². The van der Waals surface area contributed by atoms with E-state index in [1.54, 1.807) is 0 Å². The first-order chi connectivity index (χ1) is 10.8. The van der Waals surface area contributed by atoms with Gasteiger partial charge in [0.25, 0.3) is 0 Å². The van der Waals surface area contributed by atoms with E-state index in [4.69, 9.17) is 17.3 Å². The van der Waals surface area contributed by atoms with Gasteiger partial charge in [0.15, 0.2) is 0 Å². The van der Waals surface area contributed by atoms with Crippen molar-refractivity contribution in [1.29, 1.82) is 0 Å². The Morgan fingerprint density at radius 3 is 1.91 bits per heavy atom. The number of anilines is 1. The Morgan fingerprint density at radius 1 is 0.682 bits per heavy atom. The molecule has 0 unspecified atom stereocenters. The van der Waals surface area contributed by atoms with Gasteiger partial charge in [-0.15, -0.1) is 0 Å². The third kappa shape index (κ3) is 1.94. The number of hydrogen-bond donors (Lipinski definition) is 1. The van der Waals surface area contributed by atoms with Crippen LogP contribution in [0.25, 0.3) is 32.7 Å². The summed E-state index contributed by atoms with van der Waals surface area (Å²) in [4.78, 5) is 0. The summed E-state index contributed by atoms with van der Waals surface area (Å²) in [5.74, 6) is 0. The minimum absolute atomic E-state index is 0.592. The van der Waals surface area contributed by atoms with Crippen molar-refractivity contribution in [2.75, 3.05) is 5.73 Å². The fraction of sp³-hybridized carbons (Fsp3) is 0. The van der Waals surface area contributed by atoms with Gasteiger partial charge < -0.3 is 5.73 Å². The van der Waals surface area contributed by atoms with E-state index >= 15 is 0 Å². The molecule has 0 aliphatic heterocycles. The standard InChI is InChI=1S/C20H14ClN/c21-18-11-5-10-17(20(18)22)19-15-8-3-1-6-13(15)12-14-7-2-4-9-16(14)19/h1-12H,22H2. The molecular weight excluding hydrogens is 290 g/mol. The Kier molecular flexibility index (Phi) is 3.02. The van der Waals surface area contributed by atoms with Crippen molar-refractivity contribution < 1.29 is 0 Å². The third-order valence-electron chi connectivity index (χ3n) is 4.09. The van der Waals surface area contributed by atoms with E-state index in [9.17, 15) is 0 Å². The molecule has 2 heteroatoms. The Labute approximate surface area is 133 Å². The van der Waals surface area contributed by atoms with Gasteiger partial charge >= 0.3 is 0 Å². The van der Waals surface area contributed by atoms with Gasteiger partial charge in [0.2, 0.25) is 0 Å². The molecule has 0 bridgehead atoms. The monoisotopic (exact) mass is 303 g/mol. The molecule has 0 aliphatic carbocycles. The fourth-order valence-electron chi connectivity index (χ4n) is 3.06. The van der Waals surface area contributed by atoms with Gasteiger partial charge in [-0.25, -0.2) is 0 Å².